The highest BCUT2D eigenvalue weighted by atomic mass is 32.2. The number of para-hydroxylation sites is 1. The van der Waals surface area contributed by atoms with E-state index in [-0.39, 0.29) is 23.5 Å². The second-order valence-corrected chi connectivity index (χ2v) is 6.73. The van der Waals surface area contributed by atoms with Crippen LogP contribution in [0.1, 0.15) is 6.42 Å². The molecule has 1 unspecified atom stereocenters. The third kappa shape index (κ3) is 2.94. The van der Waals surface area contributed by atoms with E-state index in [1.54, 1.807) is 16.7 Å². The SMILES string of the molecule is CSc1ccccc1NC(=O)CC1SC2=NCCN2C1=O. The summed E-state index contributed by atoms with van der Waals surface area (Å²) in [5.41, 5.74) is 0.795. The number of amidine groups is 1. The van der Waals surface area contributed by atoms with Crippen LogP contribution in [0.4, 0.5) is 5.69 Å². The van der Waals surface area contributed by atoms with Crippen LogP contribution in [0.15, 0.2) is 34.2 Å². The third-order valence-electron chi connectivity index (χ3n) is 3.34. The summed E-state index contributed by atoms with van der Waals surface area (Å²) in [6, 6.07) is 7.65. The van der Waals surface area contributed by atoms with Gasteiger partial charge in [-0.15, -0.1) is 11.8 Å². The zero-order chi connectivity index (χ0) is 14.8. The van der Waals surface area contributed by atoms with Crippen molar-refractivity contribution in [1.29, 1.82) is 0 Å². The smallest absolute Gasteiger partial charge is 0.242 e. The van der Waals surface area contributed by atoms with E-state index < -0.39 is 0 Å². The molecule has 1 aromatic carbocycles. The van der Waals surface area contributed by atoms with Gasteiger partial charge < -0.3 is 5.32 Å². The maximum Gasteiger partial charge on any atom is 0.242 e. The van der Waals surface area contributed by atoms with E-state index in [2.05, 4.69) is 10.3 Å². The van der Waals surface area contributed by atoms with Crippen LogP contribution >= 0.6 is 23.5 Å². The largest absolute Gasteiger partial charge is 0.325 e. The van der Waals surface area contributed by atoms with E-state index in [1.807, 2.05) is 30.5 Å². The maximum atomic E-state index is 12.2. The highest BCUT2D eigenvalue weighted by Crippen LogP contribution is 2.32. The van der Waals surface area contributed by atoms with Gasteiger partial charge in [0, 0.05) is 17.9 Å². The number of amides is 2. The number of benzene rings is 1. The molecule has 2 aliphatic heterocycles. The molecule has 1 atom stereocenters. The van der Waals surface area contributed by atoms with Gasteiger partial charge in [-0.1, -0.05) is 23.9 Å². The molecule has 3 rings (SSSR count). The third-order valence-corrected chi connectivity index (χ3v) is 5.35. The molecule has 110 valence electrons. The van der Waals surface area contributed by atoms with Gasteiger partial charge in [0.15, 0.2) is 5.17 Å². The number of nitrogens with one attached hydrogen (secondary N) is 1. The minimum absolute atomic E-state index is 0.00421. The molecule has 2 heterocycles. The molecule has 0 aliphatic carbocycles. The number of fused-ring (bicyclic) bond motifs is 1. The Balaban J connectivity index is 1.63. The van der Waals surface area contributed by atoms with Gasteiger partial charge in [-0.2, -0.15) is 0 Å². The first-order valence-electron chi connectivity index (χ1n) is 6.64. The highest BCUT2D eigenvalue weighted by Gasteiger charge is 2.40. The second-order valence-electron chi connectivity index (χ2n) is 4.71. The molecule has 0 radical (unpaired) electrons. The van der Waals surface area contributed by atoms with E-state index in [9.17, 15) is 9.59 Å². The first-order valence-corrected chi connectivity index (χ1v) is 8.75. The number of carbonyl (C=O) groups is 2. The summed E-state index contributed by atoms with van der Waals surface area (Å²) in [5.74, 6) is -0.131. The average Bonchev–Trinajstić information content (AvgIpc) is 3.04. The Hall–Kier alpha value is -1.47. The molecule has 0 saturated carbocycles. The van der Waals surface area contributed by atoms with Crippen LogP contribution < -0.4 is 5.32 Å². The van der Waals surface area contributed by atoms with Gasteiger partial charge in [-0.05, 0) is 18.4 Å². The Labute approximate surface area is 131 Å². The number of thioether (sulfide) groups is 2. The van der Waals surface area contributed by atoms with Crippen LogP contribution in [-0.4, -0.2) is 46.5 Å². The zero-order valence-electron chi connectivity index (χ0n) is 11.5. The molecule has 1 N–H and O–H groups in total. The molecule has 0 spiro atoms. The van der Waals surface area contributed by atoms with Crippen LogP contribution in [0.5, 0.6) is 0 Å². The Morgan fingerprint density at radius 2 is 2.33 bits per heavy atom. The lowest BCUT2D eigenvalue weighted by Crippen LogP contribution is -2.32. The average molecular weight is 321 g/mol. The van der Waals surface area contributed by atoms with Gasteiger partial charge in [0.05, 0.1) is 12.2 Å². The minimum Gasteiger partial charge on any atom is -0.325 e. The number of aliphatic imine (C=N–C) groups is 1. The monoisotopic (exact) mass is 321 g/mol. The van der Waals surface area contributed by atoms with Crippen LogP contribution in [0.25, 0.3) is 0 Å². The van der Waals surface area contributed by atoms with Crippen molar-refractivity contribution in [3.8, 4) is 0 Å². The lowest BCUT2D eigenvalue weighted by molar-refractivity contribution is -0.127. The van der Waals surface area contributed by atoms with E-state index in [0.717, 1.165) is 15.8 Å². The Bertz CT molecular complexity index is 618. The molecule has 21 heavy (non-hydrogen) atoms. The molecule has 0 aromatic heterocycles. The Morgan fingerprint density at radius 1 is 1.52 bits per heavy atom. The molecular formula is C14H15N3O2S2. The van der Waals surface area contributed by atoms with Gasteiger partial charge in [-0.25, -0.2) is 0 Å². The fraction of sp³-hybridized carbons (Fsp3) is 0.357. The molecule has 5 nitrogen and oxygen atoms in total. The first kappa shape index (κ1) is 14.5. The summed E-state index contributed by atoms with van der Waals surface area (Å²) in [7, 11) is 0. The number of carbonyl (C=O) groups excluding carboxylic acids is 2. The van der Waals surface area contributed by atoms with Crippen molar-refractivity contribution in [2.45, 2.75) is 16.6 Å². The normalized spacial score (nSPS) is 20.4. The summed E-state index contributed by atoms with van der Waals surface area (Å²) in [6.45, 7) is 1.32. The molecular weight excluding hydrogens is 306 g/mol. The fourth-order valence-electron chi connectivity index (χ4n) is 2.33. The predicted molar refractivity (Wildman–Crippen MR) is 86.9 cm³/mol. The quantitative estimate of drug-likeness (QED) is 0.862. The molecule has 2 aliphatic rings. The molecule has 1 fully saturated rings. The summed E-state index contributed by atoms with van der Waals surface area (Å²) < 4.78 is 0. The van der Waals surface area contributed by atoms with Crippen molar-refractivity contribution in [2.75, 3.05) is 24.7 Å². The Kier molecular flexibility index (Phi) is 4.21. The van der Waals surface area contributed by atoms with E-state index in [0.29, 0.717) is 13.1 Å². The van der Waals surface area contributed by atoms with E-state index >= 15 is 0 Å². The van der Waals surface area contributed by atoms with Gasteiger partial charge in [-0.3, -0.25) is 19.5 Å². The zero-order valence-corrected chi connectivity index (χ0v) is 13.2. The van der Waals surface area contributed by atoms with Crippen molar-refractivity contribution < 1.29 is 9.59 Å². The Morgan fingerprint density at radius 3 is 3.10 bits per heavy atom. The summed E-state index contributed by atoms with van der Waals surface area (Å²) >= 11 is 2.98. The molecule has 0 bridgehead atoms. The van der Waals surface area contributed by atoms with E-state index in [1.165, 1.54) is 11.8 Å². The number of rotatable bonds is 4. The number of hydrogen-bond donors (Lipinski definition) is 1. The van der Waals surface area contributed by atoms with Crippen molar-refractivity contribution >= 4 is 46.2 Å². The van der Waals surface area contributed by atoms with E-state index in [4.69, 9.17) is 0 Å². The summed E-state index contributed by atoms with van der Waals surface area (Å²) in [4.78, 5) is 31.3. The van der Waals surface area contributed by atoms with Gasteiger partial charge in [0.25, 0.3) is 0 Å². The topological polar surface area (TPSA) is 61.8 Å². The van der Waals surface area contributed by atoms with Crippen molar-refractivity contribution in [1.82, 2.24) is 4.90 Å². The fourth-order valence-corrected chi connectivity index (χ4v) is 4.08. The van der Waals surface area contributed by atoms with Crippen molar-refractivity contribution in [3.05, 3.63) is 24.3 Å². The second kappa shape index (κ2) is 6.11. The number of hydrogen-bond acceptors (Lipinski definition) is 5. The van der Waals surface area contributed by atoms with Crippen molar-refractivity contribution in [3.63, 3.8) is 0 Å². The van der Waals surface area contributed by atoms with Crippen LogP contribution in [0.3, 0.4) is 0 Å². The molecule has 2 amide bonds. The molecule has 1 aromatic rings. The van der Waals surface area contributed by atoms with Gasteiger partial charge in [0.2, 0.25) is 11.8 Å². The maximum absolute atomic E-state index is 12.2. The molecule has 7 heteroatoms. The lowest BCUT2D eigenvalue weighted by Gasteiger charge is -2.12. The summed E-state index contributed by atoms with van der Waals surface area (Å²) in [6.07, 6.45) is 2.15. The van der Waals surface area contributed by atoms with Crippen LogP contribution in [-0.2, 0) is 9.59 Å². The first-order chi connectivity index (χ1) is 10.2. The lowest BCUT2D eigenvalue weighted by atomic mass is 10.2. The van der Waals surface area contributed by atoms with Gasteiger partial charge >= 0.3 is 0 Å². The summed E-state index contributed by atoms with van der Waals surface area (Å²) in [5, 5.41) is 3.31. The van der Waals surface area contributed by atoms with Crippen LogP contribution in [0, 0.1) is 0 Å². The van der Waals surface area contributed by atoms with Crippen LogP contribution in [0.2, 0.25) is 0 Å². The standard InChI is InChI=1S/C14H15N3O2S2/c1-20-10-5-3-2-4-9(10)16-12(18)8-11-13(19)17-7-6-15-14(17)21-11/h2-5,11H,6-8H2,1H3,(H,16,18). The van der Waals surface area contributed by atoms with Crippen molar-refractivity contribution in [2.24, 2.45) is 4.99 Å². The number of nitrogens with zero attached hydrogens (tertiary/aromatic N) is 2. The minimum atomic E-state index is -0.342. The highest BCUT2D eigenvalue weighted by molar-refractivity contribution is 8.15. The number of anilines is 1. The predicted octanol–water partition coefficient (Wildman–Crippen LogP) is 2.05. The molecule has 1 saturated heterocycles. The van der Waals surface area contributed by atoms with Gasteiger partial charge in [0.1, 0.15) is 5.25 Å².